The first-order valence-electron chi connectivity index (χ1n) is 7.36. The van der Waals surface area contributed by atoms with Crippen LogP contribution in [-0.4, -0.2) is 22.8 Å². The molecule has 4 nitrogen and oxygen atoms in total. The van der Waals surface area contributed by atoms with Crippen molar-refractivity contribution in [3.05, 3.63) is 40.6 Å². The number of aromatic nitrogens is 2. The maximum absolute atomic E-state index is 13.1. The number of nitrogens with zero attached hydrogens (tertiary/aromatic N) is 2. The van der Waals surface area contributed by atoms with Gasteiger partial charge in [0.15, 0.2) is 0 Å². The Morgan fingerprint density at radius 3 is 2.57 bits per heavy atom. The van der Waals surface area contributed by atoms with Gasteiger partial charge in [-0.3, -0.25) is 9.78 Å². The van der Waals surface area contributed by atoms with Crippen LogP contribution in [0.5, 0.6) is 0 Å². The highest BCUT2D eigenvalue weighted by Crippen LogP contribution is 2.10. The Labute approximate surface area is 124 Å². The highest BCUT2D eigenvalue weighted by Gasteiger charge is 2.05. The predicted octanol–water partition coefficient (Wildman–Crippen LogP) is 3.38. The van der Waals surface area contributed by atoms with Crippen molar-refractivity contribution < 1.29 is 9.13 Å². The summed E-state index contributed by atoms with van der Waals surface area (Å²) in [5.74, 6) is -0.451. The molecular weight excluding hydrogens is 271 g/mol. The fourth-order valence-corrected chi connectivity index (χ4v) is 1.67. The molecule has 0 fully saturated rings. The number of fused-ring (bicyclic) bond motifs is 1. The van der Waals surface area contributed by atoms with E-state index in [1.807, 2.05) is 6.92 Å². The van der Waals surface area contributed by atoms with Crippen molar-refractivity contribution in [2.75, 3.05) is 13.2 Å². The first-order valence-corrected chi connectivity index (χ1v) is 7.36. The van der Waals surface area contributed by atoms with E-state index in [0.29, 0.717) is 30.8 Å². The fourth-order valence-electron chi connectivity index (χ4n) is 1.67. The highest BCUT2D eigenvalue weighted by molar-refractivity contribution is 5.74. The smallest absolute Gasteiger partial charge is 0.251 e. The zero-order valence-electron chi connectivity index (χ0n) is 12.9. The third-order valence-corrected chi connectivity index (χ3v) is 2.97. The van der Waals surface area contributed by atoms with Crippen LogP contribution < -0.4 is 5.56 Å². The van der Waals surface area contributed by atoms with Crippen LogP contribution in [0.2, 0.25) is 0 Å². The Hall–Kier alpha value is -1.75. The van der Waals surface area contributed by atoms with Crippen LogP contribution in [0.3, 0.4) is 0 Å². The van der Waals surface area contributed by atoms with Gasteiger partial charge in [0.2, 0.25) is 0 Å². The lowest BCUT2D eigenvalue weighted by molar-refractivity contribution is 0.139. The molecule has 2 aromatic rings. The molecule has 0 aliphatic heterocycles. The molecule has 0 aromatic carbocycles. The Morgan fingerprint density at radius 1 is 1.24 bits per heavy atom. The van der Waals surface area contributed by atoms with Gasteiger partial charge in [0.1, 0.15) is 5.82 Å². The minimum absolute atomic E-state index is 0.176. The minimum atomic E-state index is -0.451. The van der Waals surface area contributed by atoms with Gasteiger partial charge in [0.25, 0.3) is 5.56 Å². The summed E-state index contributed by atoms with van der Waals surface area (Å²) < 4.78 is 19.8. The largest absolute Gasteiger partial charge is 0.380 e. The van der Waals surface area contributed by atoms with Crippen LogP contribution >= 0.6 is 0 Å². The molecule has 0 amide bonds. The molecule has 5 heteroatoms. The summed E-state index contributed by atoms with van der Waals surface area (Å²) in [5.41, 5.74) is 0.921. The molecule has 0 bridgehead atoms. The van der Waals surface area contributed by atoms with Crippen molar-refractivity contribution in [1.29, 1.82) is 0 Å². The number of ether oxygens (including phenoxy) is 1. The molecule has 0 N–H and O–H groups in total. The van der Waals surface area contributed by atoms with Crippen LogP contribution in [0.4, 0.5) is 4.39 Å². The van der Waals surface area contributed by atoms with E-state index in [2.05, 4.69) is 18.8 Å². The summed E-state index contributed by atoms with van der Waals surface area (Å²) in [6.07, 6.45) is 3.78. The Morgan fingerprint density at radius 2 is 1.95 bits per heavy atom. The number of hydrogen-bond donors (Lipinski definition) is 0. The summed E-state index contributed by atoms with van der Waals surface area (Å²) in [4.78, 5) is 15.6. The van der Waals surface area contributed by atoms with Crippen LogP contribution in [-0.2, 0) is 11.3 Å². The minimum Gasteiger partial charge on any atom is -0.380 e. The lowest BCUT2D eigenvalue weighted by Gasteiger charge is -2.09. The van der Waals surface area contributed by atoms with Crippen LogP contribution in [0.25, 0.3) is 11.0 Å². The molecule has 0 radical (unpaired) electrons. The van der Waals surface area contributed by atoms with Gasteiger partial charge in [-0.2, -0.15) is 0 Å². The second-order valence-electron chi connectivity index (χ2n) is 4.58. The molecule has 2 heterocycles. The average Bonchev–Trinajstić information content (AvgIpc) is 2.50. The van der Waals surface area contributed by atoms with E-state index in [1.165, 1.54) is 29.5 Å². The molecule has 2 aromatic heterocycles. The third-order valence-electron chi connectivity index (χ3n) is 2.97. The molecule has 0 unspecified atom stereocenters. The normalized spacial score (nSPS) is 10.3. The number of unbranched alkanes of at least 4 members (excludes halogenated alkanes) is 1. The van der Waals surface area contributed by atoms with E-state index in [9.17, 15) is 9.18 Å². The Balaban J connectivity index is 0.000000491. The monoisotopic (exact) mass is 294 g/mol. The molecule has 0 aliphatic rings. The lowest BCUT2D eigenvalue weighted by atomic mass is 10.3. The number of hydrogen-bond acceptors (Lipinski definition) is 3. The lowest BCUT2D eigenvalue weighted by Crippen LogP contribution is -2.22. The van der Waals surface area contributed by atoms with Crippen molar-refractivity contribution in [2.24, 2.45) is 0 Å². The van der Waals surface area contributed by atoms with Gasteiger partial charge in [0.05, 0.1) is 23.8 Å². The maximum atomic E-state index is 13.1. The summed E-state index contributed by atoms with van der Waals surface area (Å²) in [6.45, 7) is 7.65. The standard InChI is InChI=1S/C12H13FN2O2.C4H10/c1-2-17-6-5-15-11-7-9(13)8-14-10(11)3-4-12(15)16;1-3-4-2/h3-4,7-8H,2,5-6H2,1H3;3-4H2,1-2H3. The Bertz CT molecular complexity index is 609. The van der Waals surface area contributed by atoms with Crippen molar-refractivity contribution in [3.63, 3.8) is 0 Å². The van der Waals surface area contributed by atoms with Crippen molar-refractivity contribution in [2.45, 2.75) is 40.2 Å². The van der Waals surface area contributed by atoms with Gasteiger partial charge in [0, 0.05) is 25.3 Å². The molecule has 21 heavy (non-hydrogen) atoms. The van der Waals surface area contributed by atoms with Crippen LogP contribution in [0.15, 0.2) is 29.2 Å². The summed E-state index contributed by atoms with van der Waals surface area (Å²) >= 11 is 0. The highest BCUT2D eigenvalue weighted by atomic mass is 19.1. The molecule has 0 atom stereocenters. The van der Waals surface area contributed by atoms with Gasteiger partial charge in [-0.15, -0.1) is 0 Å². The molecule has 0 saturated heterocycles. The number of rotatable bonds is 5. The van der Waals surface area contributed by atoms with E-state index < -0.39 is 5.82 Å². The van der Waals surface area contributed by atoms with E-state index in [4.69, 9.17) is 4.74 Å². The van der Waals surface area contributed by atoms with Crippen molar-refractivity contribution in [3.8, 4) is 0 Å². The second-order valence-corrected chi connectivity index (χ2v) is 4.58. The van der Waals surface area contributed by atoms with Crippen LogP contribution in [0.1, 0.15) is 33.6 Å². The topological polar surface area (TPSA) is 44.1 Å². The fraction of sp³-hybridized carbons (Fsp3) is 0.500. The van der Waals surface area contributed by atoms with Crippen molar-refractivity contribution in [1.82, 2.24) is 9.55 Å². The average molecular weight is 294 g/mol. The summed E-state index contributed by atoms with van der Waals surface area (Å²) in [5, 5.41) is 0. The molecule has 116 valence electrons. The molecular formula is C16H23FN2O2. The van der Waals surface area contributed by atoms with Crippen LogP contribution in [0, 0.1) is 5.82 Å². The SMILES string of the molecule is CCCC.CCOCCn1c(=O)ccc2ncc(F)cc21. The number of pyridine rings is 2. The molecule has 0 spiro atoms. The van der Waals surface area contributed by atoms with Gasteiger partial charge in [-0.1, -0.05) is 26.7 Å². The predicted molar refractivity (Wildman–Crippen MR) is 83.0 cm³/mol. The van der Waals surface area contributed by atoms with E-state index in [0.717, 1.165) is 6.20 Å². The molecule has 2 rings (SSSR count). The van der Waals surface area contributed by atoms with E-state index in [-0.39, 0.29) is 5.56 Å². The van der Waals surface area contributed by atoms with E-state index in [1.54, 1.807) is 6.07 Å². The number of halogens is 1. The Kier molecular flexibility index (Phi) is 7.61. The maximum Gasteiger partial charge on any atom is 0.251 e. The van der Waals surface area contributed by atoms with Gasteiger partial charge in [-0.25, -0.2) is 4.39 Å². The second kappa shape index (κ2) is 9.23. The van der Waals surface area contributed by atoms with Gasteiger partial charge in [-0.05, 0) is 13.0 Å². The quantitative estimate of drug-likeness (QED) is 0.794. The zero-order valence-corrected chi connectivity index (χ0v) is 12.9. The van der Waals surface area contributed by atoms with E-state index >= 15 is 0 Å². The molecule has 0 saturated carbocycles. The zero-order chi connectivity index (χ0) is 15.7. The molecule has 0 aliphatic carbocycles. The summed E-state index contributed by atoms with van der Waals surface area (Å²) in [6, 6.07) is 4.34. The van der Waals surface area contributed by atoms with Crippen molar-refractivity contribution >= 4 is 11.0 Å². The summed E-state index contributed by atoms with van der Waals surface area (Å²) in [7, 11) is 0. The van der Waals surface area contributed by atoms with Gasteiger partial charge >= 0.3 is 0 Å². The first-order chi connectivity index (χ1) is 10.1. The van der Waals surface area contributed by atoms with Gasteiger partial charge < -0.3 is 9.30 Å². The third kappa shape index (κ3) is 5.27. The first kappa shape index (κ1) is 17.3.